The van der Waals surface area contributed by atoms with E-state index in [1.54, 1.807) is 18.4 Å². The quantitative estimate of drug-likeness (QED) is 0.436. The lowest BCUT2D eigenvalue weighted by Gasteiger charge is -2.11. The number of aryl methyl sites for hydroxylation is 4. The minimum absolute atomic E-state index is 0.837. The van der Waals surface area contributed by atoms with Crippen LogP contribution in [0.5, 0.6) is 0 Å². The minimum Gasteiger partial charge on any atom is -0.356 e. The molecule has 0 saturated carbocycles. The summed E-state index contributed by atoms with van der Waals surface area (Å²) >= 11 is 1.74. The summed E-state index contributed by atoms with van der Waals surface area (Å²) in [6.45, 7) is 8.88. The molecule has 0 unspecified atom stereocenters. The van der Waals surface area contributed by atoms with E-state index in [-0.39, 0.29) is 0 Å². The highest BCUT2D eigenvalue weighted by Crippen LogP contribution is 2.10. The first-order chi connectivity index (χ1) is 11.6. The van der Waals surface area contributed by atoms with Gasteiger partial charge in [-0.05, 0) is 32.8 Å². The third kappa shape index (κ3) is 5.63. The maximum Gasteiger partial charge on any atom is 0.190 e. The van der Waals surface area contributed by atoms with Crippen molar-refractivity contribution in [1.29, 1.82) is 0 Å². The van der Waals surface area contributed by atoms with Crippen molar-refractivity contribution in [3.05, 3.63) is 33.5 Å². The van der Waals surface area contributed by atoms with E-state index in [9.17, 15) is 0 Å². The van der Waals surface area contributed by atoms with Crippen LogP contribution in [0.2, 0.25) is 0 Å². The van der Waals surface area contributed by atoms with E-state index in [1.807, 2.05) is 6.92 Å². The third-order valence-electron chi connectivity index (χ3n) is 3.74. The molecule has 0 aliphatic rings. The van der Waals surface area contributed by atoms with Crippen LogP contribution in [-0.2, 0) is 19.4 Å². The molecule has 2 aromatic heterocycles. The number of nitrogens with one attached hydrogen (secondary N) is 2. The van der Waals surface area contributed by atoms with E-state index in [2.05, 4.69) is 55.7 Å². The Morgan fingerprint density at radius 3 is 2.71 bits per heavy atom. The Balaban J connectivity index is 1.64. The zero-order valence-corrected chi connectivity index (χ0v) is 15.9. The Morgan fingerprint density at radius 1 is 1.29 bits per heavy atom. The van der Waals surface area contributed by atoms with Crippen molar-refractivity contribution < 1.29 is 0 Å². The summed E-state index contributed by atoms with van der Waals surface area (Å²) in [4.78, 5) is 8.84. The predicted octanol–water partition coefficient (Wildman–Crippen LogP) is 2.32. The number of guanidine groups is 1. The van der Waals surface area contributed by atoms with E-state index in [1.165, 1.54) is 10.7 Å². The van der Waals surface area contributed by atoms with Crippen LogP contribution in [-0.4, -0.2) is 40.9 Å². The molecule has 2 aromatic rings. The van der Waals surface area contributed by atoms with Gasteiger partial charge in [-0.25, -0.2) is 4.98 Å². The molecule has 0 aromatic carbocycles. The van der Waals surface area contributed by atoms with Crippen LogP contribution in [0.25, 0.3) is 0 Å². The highest BCUT2D eigenvalue weighted by atomic mass is 32.1. The molecule has 0 spiro atoms. The van der Waals surface area contributed by atoms with Crippen molar-refractivity contribution in [2.24, 2.45) is 4.99 Å². The second kappa shape index (κ2) is 9.42. The second-order valence-corrected chi connectivity index (χ2v) is 6.71. The highest BCUT2D eigenvalue weighted by molar-refractivity contribution is 7.09. The van der Waals surface area contributed by atoms with Gasteiger partial charge in [0, 0.05) is 44.2 Å². The number of nitrogens with zero attached hydrogens (tertiary/aromatic N) is 4. The van der Waals surface area contributed by atoms with Crippen molar-refractivity contribution in [1.82, 2.24) is 25.4 Å². The lowest BCUT2D eigenvalue weighted by Crippen LogP contribution is -2.39. The lowest BCUT2D eigenvalue weighted by atomic mass is 10.3. The number of aromatic nitrogens is 3. The Labute approximate surface area is 148 Å². The van der Waals surface area contributed by atoms with Crippen LogP contribution >= 0.6 is 11.3 Å². The first-order valence-electron chi connectivity index (χ1n) is 8.51. The van der Waals surface area contributed by atoms with Crippen LogP contribution in [0.15, 0.2) is 16.4 Å². The molecule has 0 saturated heterocycles. The van der Waals surface area contributed by atoms with E-state index >= 15 is 0 Å². The molecule has 2 heterocycles. The Kier molecular flexibility index (Phi) is 7.24. The van der Waals surface area contributed by atoms with Crippen molar-refractivity contribution >= 4 is 17.3 Å². The lowest BCUT2D eigenvalue weighted by molar-refractivity contribution is 0.555. The fourth-order valence-corrected chi connectivity index (χ4v) is 3.27. The van der Waals surface area contributed by atoms with Gasteiger partial charge in [-0.3, -0.25) is 9.67 Å². The van der Waals surface area contributed by atoms with Gasteiger partial charge in [0.15, 0.2) is 5.96 Å². The van der Waals surface area contributed by atoms with Crippen molar-refractivity contribution in [2.75, 3.05) is 20.1 Å². The number of aliphatic imine (C=N–C) groups is 1. The zero-order chi connectivity index (χ0) is 17.4. The molecule has 0 fully saturated rings. The molecule has 0 amide bonds. The molecule has 6 nitrogen and oxygen atoms in total. The molecule has 0 aliphatic carbocycles. The maximum absolute atomic E-state index is 4.58. The van der Waals surface area contributed by atoms with Crippen LogP contribution in [0.1, 0.15) is 35.4 Å². The second-order valence-electron chi connectivity index (χ2n) is 5.77. The summed E-state index contributed by atoms with van der Waals surface area (Å²) in [5, 5.41) is 14.5. The van der Waals surface area contributed by atoms with Gasteiger partial charge in [-0.15, -0.1) is 11.3 Å². The van der Waals surface area contributed by atoms with E-state index in [0.29, 0.717) is 0 Å². The fourth-order valence-electron chi connectivity index (χ4n) is 2.49. The van der Waals surface area contributed by atoms with Crippen LogP contribution in [0.3, 0.4) is 0 Å². The number of hydrogen-bond acceptors (Lipinski definition) is 4. The minimum atomic E-state index is 0.837. The van der Waals surface area contributed by atoms with E-state index < -0.39 is 0 Å². The van der Waals surface area contributed by atoms with E-state index in [4.69, 9.17) is 0 Å². The Morgan fingerprint density at radius 2 is 2.08 bits per heavy atom. The van der Waals surface area contributed by atoms with Gasteiger partial charge in [0.25, 0.3) is 0 Å². The standard InChI is InChI=1S/C17H28N6S/c1-5-16-21-15(12-24-16)7-9-20-17(18-4)19-8-6-10-23-14(3)11-13(2)22-23/h11-12H,5-10H2,1-4H3,(H2,18,19,20). The predicted molar refractivity (Wildman–Crippen MR) is 101 cm³/mol. The normalized spacial score (nSPS) is 11.8. The van der Waals surface area contributed by atoms with Gasteiger partial charge in [-0.2, -0.15) is 5.10 Å². The third-order valence-corrected chi connectivity index (χ3v) is 4.78. The molecular weight excluding hydrogens is 320 g/mol. The van der Waals surface area contributed by atoms with E-state index in [0.717, 1.165) is 56.2 Å². The molecule has 7 heteroatoms. The average molecular weight is 349 g/mol. The summed E-state index contributed by atoms with van der Waals surface area (Å²) in [5.41, 5.74) is 3.44. The topological polar surface area (TPSA) is 67.1 Å². The van der Waals surface area contributed by atoms with Gasteiger partial charge in [0.05, 0.1) is 16.4 Å². The average Bonchev–Trinajstić information content (AvgIpc) is 3.15. The summed E-state index contributed by atoms with van der Waals surface area (Å²) in [6.07, 6.45) is 2.94. The number of hydrogen-bond donors (Lipinski definition) is 2. The molecule has 0 radical (unpaired) electrons. The van der Waals surface area contributed by atoms with Gasteiger partial charge >= 0.3 is 0 Å². The molecule has 2 N–H and O–H groups in total. The van der Waals surface area contributed by atoms with Gasteiger partial charge in [0.2, 0.25) is 0 Å². The number of rotatable bonds is 8. The first kappa shape index (κ1) is 18.4. The monoisotopic (exact) mass is 348 g/mol. The Bertz CT molecular complexity index is 658. The van der Waals surface area contributed by atoms with Crippen molar-refractivity contribution in [3.8, 4) is 0 Å². The largest absolute Gasteiger partial charge is 0.356 e. The molecule has 24 heavy (non-hydrogen) atoms. The Hall–Kier alpha value is -1.89. The van der Waals surface area contributed by atoms with Crippen molar-refractivity contribution in [3.63, 3.8) is 0 Å². The first-order valence-corrected chi connectivity index (χ1v) is 9.39. The van der Waals surface area contributed by atoms with Crippen LogP contribution in [0.4, 0.5) is 0 Å². The zero-order valence-electron chi connectivity index (χ0n) is 15.1. The maximum atomic E-state index is 4.58. The van der Waals surface area contributed by atoms with Gasteiger partial charge < -0.3 is 10.6 Å². The van der Waals surface area contributed by atoms with Gasteiger partial charge in [0.1, 0.15) is 0 Å². The molecule has 0 atom stereocenters. The summed E-state index contributed by atoms with van der Waals surface area (Å²) in [6, 6.07) is 2.11. The number of thiazole rings is 1. The summed E-state index contributed by atoms with van der Waals surface area (Å²) in [5.74, 6) is 0.842. The smallest absolute Gasteiger partial charge is 0.190 e. The van der Waals surface area contributed by atoms with Crippen LogP contribution in [0, 0.1) is 13.8 Å². The van der Waals surface area contributed by atoms with Crippen LogP contribution < -0.4 is 10.6 Å². The fraction of sp³-hybridized carbons (Fsp3) is 0.588. The van der Waals surface area contributed by atoms with Gasteiger partial charge in [-0.1, -0.05) is 6.92 Å². The molecule has 0 aliphatic heterocycles. The molecule has 132 valence electrons. The molecular formula is C17H28N6S. The molecule has 2 rings (SSSR count). The molecule has 0 bridgehead atoms. The highest BCUT2D eigenvalue weighted by Gasteiger charge is 2.03. The summed E-state index contributed by atoms with van der Waals surface area (Å²) in [7, 11) is 1.80. The van der Waals surface area contributed by atoms with Crippen molar-refractivity contribution in [2.45, 2.75) is 46.6 Å². The summed E-state index contributed by atoms with van der Waals surface area (Å²) < 4.78 is 2.06. The SMILES string of the molecule is CCc1nc(CCNC(=NC)NCCCn2nc(C)cc2C)cs1.